The highest BCUT2D eigenvalue weighted by Gasteiger charge is 2.42. The number of aliphatic hydroxyl groups excluding tert-OH is 1. The van der Waals surface area contributed by atoms with Crippen molar-refractivity contribution in [2.45, 2.75) is 57.2 Å². The topological polar surface area (TPSA) is 42.4 Å². The summed E-state index contributed by atoms with van der Waals surface area (Å²) in [5.74, 6) is 0.315. The summed E-state index contributed by atoms with van der Waals surface area (Å²) in [4.78, 5) is 4.29. The van der Waals surface area contributed by atoms with Crippen molar-refractivity contribution in [3.63, 3.8) is 0 Å². The Hall–Kier alpha value is -0.930. The van der Waals surface area contributed by atoms with Crippen LogP contribution in [0.2, 0.25) is 0 Å². The molecule has 2 fully saturated rings. The molecule has 1 saturated heterocycles. The standard InChI is InChI=1S/C16H23NO2/c1-12-14(5-4-9-17-12)15(18)13-6-10-19-16(11-13)7-2-3-8-16/h4-5,9,13,15,18H,2-3,6-8,10-11H2,1H3. The fraction of sp³-hybridized carbons (Fsp3) is 0.688. The van der Waals surface area contributed by atoms with Gasteiger partial charge in [-0.15, -0.1) is 0 Å². The van der Waals surface area contributed by atoms with Gasteiger partial charge in [0.05, 0.1) is 11.7 Å². The fourth-order valence-corrected chi connectivity index (χ4v) is 3.77. The van der Waals surface area contributed by atoms with E-state index in [2.05, 4.69) is 4.98 Å². The zero-order chi connectivity index (χ0) is 13.3. The molecule has 2 heterocycles. The highest BCUT2D eigenvalue weighted by molar-refractivity contribution is 5.22. The normalized spacial score (nSPS) is 27.6. The van der Waals surface area contributed by atoms with Crippen LogP contribution in [0.3, 0.4) is 0 Å². The Morgan fingerprint density at radius 2 is 2.21 bits per heavy atom. The lowest BCUT2D eigenvalue weighted by Crippen LogP contribution is -2.39. The van der Waals surface area contributed by atoms with Crippen molar-refractivity contribution in [3.8, 4) is 0 Å². The number of aryl methyl sites for hydroxylation is 1. The van der Waals surface area contributed by atoms with Crippen LogP contribution in [0.25, 0.3) is 0 Å². The maximum atomic E-state index is 10.7. The molecule has 1 N–H and O–H groups in total. The van der Waals surface area contributed by atoms with Crippen LogP contribution in [0.4, 0.5) is 0 Å². The summed E-state index contributed by atoms with van der Waals surface area (Å²) < 4.78 is 6.05. The SMILES string of the molecule is Cc1ncccc1C(O)C1CCOC2(CCCC2)C1. The van der Waals surface area contributed by atoms with Gasteiger partial charge in [-0.1, -0.05) is 18.9 Å². The molecule has 1 spiro atoms. The Balaban J connectivity index is 1.76. The summed E-state index contributed by atoms with van der Waals surface area (Å²) in [5.41, 5.74) is 2.00. The molecule has 3 nitrogen and oxygen atoms in total. The molecule has 1 aromatic heterocycles. The maximum absolute atomic E-state index is 10.7. The first kappa shape index (κ1) is 13.1. The van der Waals surface area contributed by atoms with Crippen LogP contribution in [0.15, 0.2) is 18.3 Å². The molecule has 0 amide bonds. The molecule has 3 heteroatoms. The first-order chi connectivity index (χ1) is 9.20. The number of rotatable bonds is 2. The van der Waals surface area contributed by atoms with E-state index in [1.807, 2.05) is 19.1 Å². The molecule has 0 bridgehead atoms. The summed E-state index contributed by atoms with van der Waals surface area (Å²) in [6.07, 6.45) is 8.23. The van der Waals surface area contributed by atoms with Crippen LogP contribution in [0.5, 0.6) is 0 Å². The third kappa shape index (κ3) is 2.54. The largest absolute Gasteiger partial charge is 0.388 e. The van der Waals surface area contributed by atoms with Gasteiger partial charge in [0, 0.05) is 24.1 Å². The lowest BCUT2D eigenvalue weighted by Gasteiger charge is -2.40. The van der Waals surface area contributed by atoms with E-state index in [0.29, 0.717) is 5.92 Å². The summed E-state index contributed by atoms with van der Waals surface area (Å²) in [6.45, 7) is 2.77. The third-order valence-electron chi connectivity index (χ3n) is 4.86. The minimum atomic E-state index is -0.393. The van der Waals surface area contributed by atoms with Crippen molar-refractivity contribution in [2.24, 2.45) is 5.92 Å². The lowest BCUT2D eigenvalue weighted by molar-refractivity contribution is -0.113. The fourth-order valence-electron chi connectivity index (χ4n) is 3.77. The van der Waals surface area contributed by atoms with Crippen LogP contribution in [0, 0.1) is 12.8 Å². The van der Waals surface area contributed by atoms with Crippen molar-refractivity contribution in [2.75, 3.05) is 6.61 Å². The minimum Gasteiger partial charge on any atom is -0.388 e. The quantitative estimate of drug-likeness (QED) is 0.889. The van der Waals surface area contributed by atoms with Crippen LogP contribution in [-0.2, 0) is 4.74 Å². The maximum Gasteiger partial charge on any atom is 0.0837 e. The van der Waals surface area contributed by atoms with E-state index >= 15 is 0 Å². The van der Waals surface area contributed by atoms with E-state index in [1.165, 1.54) is 25.7 Å². The monoisotopic (exact) mass is 261 g/mol. The molecule has 1 aliphatic carbocycles. The van der Waals surface area contributed by atoms with Gasteiger partial charge < -0.3 is 9.84 Å². The van der Waals surface area contributed by atoms with Gasteiger partial charge in [0.1, 0.15) is 0 Å². The zero-order valence-corrected chi connectivity index (χ0v) is 11.6. The second-order valence-electron chi connectivity index (χ2n) is 6.11. The average Bonchev–Trinajstić information content (AvgIpc) is 2.86. The first-order valence-corrected chi connectivity index (χ1v) is 7.44. The van der Waals surface area contributed by atoms with Crippen LogP contribution in [-0.4, -0.2) is 22.3 Å². The number of hydrogen-bond acceptors (Lipinski definition) is 3. The molecule has 2 atom stereocenters. The summed E-state index contributed by atoms with van der Waals surface area (Å²) in [7, 11) is 0. The molecule has 19 heavy (non-hydrogen) atoms. The molecule has 2 aliphatic rings. The zero-order valence-electron chi connectivity index (χ0n) is 11.6. The van der Waals surface area contributed by atoms with Gasteiger partial charge in [0.25, 0.3) is 0 Å². The van der Waals surface area contributed by atoms with Gasteiger partial charge in [-0.2, -0.15) is 0 Å². The van der Waals surface area contributed by atoms with E-state index in [1.54, 1.807) is 6.20 Å². The predicted octanol–water partition coefficient (Wildman–Crippen LogP) is 3.16. The van der Waals surface area contributed by atoms with E-state index in [0.717, 1.165) is 30.7 Å². The molecule has 104 valence electrons. The molecule has 2 unspecified atom stereocenters. The van der Waals surface area contributed by atoms with Crippen molar-refractivity contribution in [3.05, 3.63) is 29.6 Å². The number of hydrogen-bond donors (Lipinski definition) is 1. The van der Waals surface area contributed by atoms with E-state index in [-0.39, 0.29) is 5.60 Å². The Morgan fingerprint density at radius 1 is 1.42 bits per heavy atom. The Kier molecular flexibility index (Phi) is 3.59. The van der Waals surface area contributed by atoms with Crippen molar-refractivity contribution >= 4 is 0 Å². The smallest absolute Gasteiger partial charge is 0.0837 e. The van der Waals surface area contributed by atoms with Gasteiger partial charge in [-0.05, 0) is 44.6 Å². The Bertz CT molecular complexity index is 440. The van der Waals surface area contributed by atoms with Gasteiger partial charge >= 0.3 is 0 Å². The van der Waals surface area contributed by atoms with Gasteiger partial charge in [-0.3, -0.25) is 4.98 Å². The Morgan fingerprint density at radius 3 is 2.95 bits per heavy atom. The molecular formula is C16H23NO2. The molecule has 1 aromatic rings. The molecule has 1 saturated carbocycles. The third-order valence-corrected chi connectivity index (χ3v) is 4.86. The molecule has 1 aliphatic heterocycles. The number of nitrogens with zero attached hydrogens (tertiary/aromatic N) is 1. The van der Waals surface area contributed by atoms with Crippen LogP contribution >= 0.6 is 0 Å². The van der Waals surface area contributed by atoms with Gasteiger partial charge in [0.2, 0.25) is 0 Å². The molecule has 0 radical (unpaired) electrons. The highest BCUT2D eigenvalue weighted by atomic mass is 16.5. The van der Waals surface area contributed by atoms with E-state index in [9.17, 15) is 5.11 Å². The molecular weight excluding hydrogens is 238 g/mol. The average molecular weight is 261 g/mol. The second-order valence-corrected chi connectivity index (χ2v) is 6.11. The van der Waals surface area contributed by atoms with Gasteiger partial charge in [0.15, 0.2) is 0 Å². The number of aliphatic hydroxyl groups is 1. The number of pyridine rings is 1. The van der Waals surface area contributed by atoms with Crippen LogP contribution in [0.1, 0.15) is 55.9 Å². The van der Waals surface area contributed by atoms with Crippen molar-refractivity contribution in [1.82, 2.24) is 4.98 Å². The minimum absolute atomic E-state index is 0.0695. The second kappa shape index (κ2) is 5.22. The van der Waals surface area contributed by atoms with Crippen molar-refractivity contribution < 1.29 is 9.84 Å². The highest BCUT2D eigenvalue weighted by Crippen LogP contribution is 2.45. The number of aromatic nitrogens is 1. The number of ether oxygens (including phenoxy) is 1. The summed E-state index contributed by atoms with van der Waals surface area (Å²) in [5, 5.41) is 10.7. The predicted molar refractivity (Wildman–Crippen MR) is 73.8 cm³/mol. The lowest BCUT2D eigenvalue weighted by atomic mass is 9.79. The Labute approximate surface area is 115 Å². The van der Waals surface area contributed by atoms with E-state index < -0.39 is 6.10 Å². The summed E-state index contributed by atoms with van der Waals surface area (Å²) >= 11 is 0. The molecule has 0 aromatic carbocycles. The summed E-state index contributed by atoms with van der Waals surface area (Å²) in [6, 6.07) is 3.92. The molecule has 3 rings (SSSR count). The van der Waals surface area contributed by atoms with Gasteiger partial charge in [-0.25, -0.2) is 0 Å². The van der Waals surface area contributed by atoms with E-state index in [4.69, 9.17) is 4.74 Å². The first-order valence-electron chi connectivity index (χ1n) is 7.44. The van der Waals surface area contributed by atoms with Crippen LogP contribution < -0.4 is 0 Å². The van der Waals surface area contributed by atoms with Crippen molar-refractivity contribution in [1.29, 1.82) is 0 Å².